The molecule has 2 aromatic carbocycles. The number of nitro benzene ring substituents is 1. The highest BCUT2D eigenvalue weighted by Crippen LogP contribution is 2.41. The van der Waals surface area contributed by atoms with Crippen molar-refractivity contribution in [2.24, 2.45) is 0 Å². The molecule has 126 valence electrons. The van der Waals surface area contributed by atoms with E-state index in [9.17, 15) is 19.3 Å². The second kappa shape index (κ2) is 6.95. The highest BCUT2D eigenvalue weighted by atomic mass is 19.1. The van der Waals surface area contributed by atoms with E-state index in [-0.39, 0.29) is 33.9 Å². The summed E-state index contributed by atoms with van der Waals surface area (Å²) in [6.45, 7) is 0. The van der Waals surface area contributed by atoms with Gasteiger partial charge in [0.05, 0.1) is 37.4 Å². The molecule has 0 aromatic heterocycles. The Balaban J connectivity index is 2.81. The van der Waals surface area contributed by atoms with Gasteiger partial charge >= 0.3 is 5.97 Å². The minimum Gasteiger partial charge on any atom is -0.496 e. The van der Waals surface area contributed by atoms with Crippen molar-refractivity contribution in [1.29, 1.82) is 0 Å². The first-order valence-corrected chi connectivity index (χ1v) is 6.71. The maximum absolute atomic E-state index is 13.7. The molecule has 0 fully saturated rings. The van der Waals surface area contributed by atoms with Crippen LogP contribution in [0, 0.1) is 15.9 Å². The number of hydrogen-bond donors (Lipinski definition) is 0. The second-order valence-corrected chi connectivity index (χ2v) is 4.66. The number of nitrogens with zero attached hydrogens (tertiary/aromatic N) is 1. The molecule has 0 bridgehead atoms. The van der Waals surface area contributed by atoms with E-state index >= 15 is 0 Å². The number of benzene rings is 2. The quantitative estimate of drug-likeness (QED) is 0.474. The van der Waals surface area contributed by atoms with Crippen molar-refractivity contribution in [1.82, 2.24) is 0 Å². The Kier molecular flexibility index (Phi) is 4.98. The number of halogens is 1. The Bertz CT molecular complexity index is 780. The number of methoxy groups -OCH3 is 3. The molecule has 0 unspecified atom stereocenters. The summed E-state index contributed by atoms with van der Waals surface area (Å²) in [6, 6.07) is 5.93. The zero-order chi connectivity index (χ0) is 17.9. The molecule has 0 spiro atoms. The number of nitro groups is 1. The summed E-state index contributed by atoms with van der Waals surface area (Å²) in [5.74, 6) is -1.13. The molecular weight excluding hydrogens is 321 g/mol. The lowest BCUT2D eigenvalue weighted by molar-refractivity contribution is -0.384. The van der Waals surface area contributed by atoms with Crippen LogP contribution in [-0.4, -0.2) is 32.2 Å². The SMILES string of the molecule is COC(=O)c1cc([N+](=O)[O-])ccc1-c1c(OC)cc(F)cc1OC. The van der Waals surface area contributed by atoms with Crippen LogP contribution in [0.5, 0.6) is 11.5 Å². The van der Waals surface area contributed by atoms with Gasteiger partial charge in [0, 0.05) is 29.8 Å². The number of non-ortho nitro benzene ring substituents is 1. The first-order chi connectivity index (χ1) is 11.4. The number of carbonyl (C=O) groups is 1. The largest absolute Gasteiger partial charge is 0.496 e. The van der Waals surface area contributed by atoms with E-state index in [1.54, 1.807) is 0 Å². The first-order valence-electron chi connectivity index (χ1n) is 6.71. The molecule has 0 aliphatic heterocycles. The van der Waals surface area contributed by atoms with E-state index in [2.05, 4.69) is 4.74 Å². The normalized spacial score (nSPS) is 10.2. The van der Waals surface area contributed by atoms with E-state index in [4.69, 9.17) is 9.47 Å². The molecule has 0 saturated carbocycles. The average molecular weight is 335 g/mol. The highest BCUT2D eigenvalue weighted by Gasteiger charge is 2.23. The van der Waals surface area contributed by atoms with Gasteiger partial charge in [0.15, 0.2) is 0 Å². The summed E-state index contributed by atoms with van der Waals surface area (Å²) >= 11 is 0. The number of esters is 1. The fourth-order valence-electron chi connectivity index (χ4n) is 2.29. The molecule has 8 heteroatoms. The van der Waals surface area contributed by atoms with Gasteiger partial charge in [0.2, 0.25) is 0 Å². The van der Waals surface area contributed by atoms with E-state index in [0.717, 1.165) is 25.3 Å². The zero-order valence-corrected chi connectivity index (χ0v) is 13.2. The van der Waals surface area contributed by atoms with Crippen molar-refractivity contribution < 1.29 is 28.3 Å². The zero-order valence-electron chi connectivity index (χ0n) is 13.2. The molecule has 0 aliphatic carbocycles. The summed E-state index contributed by atoms with van der Waals surface area (Å²) in [4.78, 5) is 22.4. The topological polar surface area (TPSA) is 87.9 Å². The monoisotopic (exact) mass is 335 g/mol. The van der Waals surface area contributed by atoms with Crippen LogP contribution in [0.1, 0.15) is 10.4 Å². The number of carbonyl (C=O) groups excluding carboxylic acids is 1. The van der Waals surface area contributed by atoms with Crippen LogP contribution in [-0.2, 0) is 4.74 Å². The van der Waals surface area contributed by atoms with Crippen LogP contribution in [0.4, 0.5) is 10.1 Å². The lowest BCUT2D eigenvalue weighted by Crippen LogP contribution is -2.06. The Morgan fingerprint density at radius 2 is 1.67 bits per heavy atom. The standard InChI is InChI=1S/C16H14FNO6/c1-22-13-6-9(17)7-14(23-2)15(13)11-5-4-10(18(20)21)8-12(11)16(19)24-3/h4-8H,1-3H3. The molecular formula is C16H14FNO6. The van der Waals surface area contributed by atoms with Gasteiger partial charge in [-0.15, -0.1) is 0 Å². The third kappa shape index (κ3) is 3.12. The van der Waals surface area contributed by atoms with Gasteiger partial charge in [-0.1, -0.05) is 0 Å². The van der Waals surface area contributed by atoms with Gasteiger partial charge in [0.1, 0.15) is 17.3 Å². The number of rotatable bonds is 5. The van der Waals surface area contributed by atoms with Gasteiger partial charge in [-0.3, -0.25) is 10.1 Å². The maximum atomic E-state index is 13.7. The van der Waals surface area contributed by atoms with E-state index in [1.165, 1.54) is 26.4 Å². The number of hydrogen-bond acceptors (Lipinski definition) is 6. The molecule has 0 atom stereocenters. The van der Waals surface area contributed by atoms with Crippen LogP contribution in [0.25, 0.3) is 11.1 Å². The van der Waals surface area contributed by atoms with Crippen LogP contribution in [0.2, 0.25) is 0 Å². The molecule has 0 amide bonds. The third-order valence-corrected chi connectivity index (χ3v) is 3.36. The molecule has 2 rings (SSSR count). The molecule has 0 heterocycles. The third-order valence-electron chi connectivity index (χ3n) is 3.36. The van der Waals surface area contributed by atoms with Crippen LogP contribution >= 0.6 is 0 Å². The van der Waals surface area contributed by atoms with Crippen molar-refractivity contribution in [3.63, 3.8) is 0 Å². The van der Waals surface area contributed by atoms with Gasteiger partial charge < -0.3 is 14.2 Å². The minimum atomic E-state index is -0.776. The van der Waals surface area contributed by atoms with Crippen molar-refractivity contribution in [2.45, 2.75) is 0 Å². The van der Waals surface area contributed by atoms with Crippen LogP contribution in [0.15, 0.2) is 30.3 Å². The van der Waals surface area contributed by atoms with Crippen LogP contribution in [0.3, 0.4) is 0 Å². The molecule has 7 nitrogen and oxygen atoms in total. The summed E-state index contributed by atoms with van der Waals surface area (Å²) in [7, 11) is 3.83. The fourth-order valence-corrected chi connectivity index (χ4v) is 2.29. The van der Waals surface area contributed by atoms with Gasteiger partial charge in [-0.2, -0.15) is 0 Å². The fraction of sp³-hybridized carbons (Fsp3) is 0.188. The van der Waals surface area contributed by atoms with Crippen molar-refractivity contribution in [2.75, 3.05) is 21.3 Å². The van der Waals surface area contributed by atoms with Gasteiger partial charge in [-0.05, 0) is 6.07 Å². The van der Waals surface area contributed by atoms with E-state index in [0.29, 0.717) is 0 Å². The van der Waals surface area contributed by atoms with Gasteiger partial charge in [-0.25, -0.2) is 9.18 Å². The number of ether oxygens (including phenoxy) is 3. The molecule has 0 aliphatic rings. The Hall–Kier alpha value is -3.16. The second-order valence-electron chi connectivity index (χ2n) is 4.66. The lowest BCUT2D eigenvalue weighted by atomic mass is 9.97. The average Bonchev–Trinajstić information content (AvgIpc) is 2.59. The smallest absolute Gasteiger partial charge is 0.338 e. The summed E-state index contributed by atoms with van der Waals surface area (Å²) in [6.07, 6.45) is 0. The summed E-state index contributed by atoms with van der Waals surface area (Å²) in [5, 5.41) is 11.0. The molecule has 24 heavy (non-hydrogen) atoms. The Morgan fingerprint density at radius 1 is 1.08 bits per heavy atom. The Labute approximate surface area is 136 Å². The predicted octanol–water partition coefficient (Wildman–Crippen LogP) is 3.20. The summed E-state index contributed by atoms with van der Waals surface area (Å²) < 4.78 is 28.7. The lowest BCUT2D eigenvalue weighted by Gasteiger charge is -2.16. The molecule has 0 radical (unpaired) electrons. The summed E-state index contributed by atoms with van der Waals surface area (Å²) in [5.41, 5.74) is 0.215. The Morgan fingerprint density at radius 3 is 2.12 bits per heavy atom. The van der Waals surface area contributed by atoms with Crippen molar-refractivity contribution in [3.05, 3.63) is 51.8 Å². The van der Waals surface area contributed by atoms with E-state index in [1.807, 2.05) is 0 Å². The van der Waals surface area contributed by atoms with Crippen LogP contribution < -0.4 is 9.47 Å². The first kappa shape index (κ1) is 17.2. The highest BCUT2D eigenvalue weighted by molar-refractivity contribution is 6.00. The predicted molar refractivity (Wildman–Crippen MR) is 82.9 cm³/mol. The molecule has 2 aromatic rings. The van der Waals surface area contributed by atoms with Gasteiger partial charge in [0.25, 0.3) is 5.69 Å². The minimum absolute atomic E-state index is 0.0603. The van der Waals surface area contributed by atoms with Crippen molar-refractivity contribution in [3.8, 4) is 22.6 Å². The molecule has 0 N–H and O–H groups in total. The van der Waals surface area contributed by atoms with E-state index < -0.39 is 16.7 Å². The molecule has 0 saturated heterocycles. The van der Waals surface area contributed by atoms with Crippen molar-refractivity contribution >= 4 is 11.7 Å². The maximum Gasteiger partial charge on any atom is 0.338 e.